The Morgan fingerprint density at radius 1 is 1.14 bits per heavy atom. The fourth-order valence-electron chi connectivity index (χ4n) is 5.99. The van der Waals surface area contributed by atoms with Crippen molar-refractivity contribution in [1.29, 1.82) is 0 Å². The van der Waals surface area contributed by atoms with Gasteiger partial charge in [-0.2, -0.15) is 5.10 Å². The minimum atomic E-state index is -0.848. The number of halogens is 1. The molecular weight excluding hydrogens is 620 g/mol. The largest absolute Gasteiger partial charge is 0.390 e. The SMILES string of the molecule is Cc1ncc(-c2cc3c(C(=O)CO)nn(CC(=O)N4[C@H](C(=O)Nc5nc(Br)ccc5C)C[C@@]5(C)C(O)[C@@H]45)c3c(C)n2)cn1. The molecule has 0 aromatic carbocycles. The molecule has 3 N–H and O–H groups in total. The van der Waals surface area contributed by atoms with Gasteiger partial charge in [0, 0.05) is 28.8 Å². The lowest BCUT2D eigenvalue weighted by Gasteiger charge is -2.28. The molecule has 1 saturated carbocycles. The molecule has 4 aromatic heterocycles. The number of fused-ring (bicyclic) bond motifs is 2. The number of aromatic nitrogens is 6. The summed E-state index contributed by atoms with van der Waals surface area (Å²) in [5, 5.41) is 28.0. The van der Waals surface area contributed by atoms with Crippen LogP contribution in [0, 0.1) is 26.2 Å². The molecule has 5 heterocycles. The minimum absolute atomic E-state index is 0.00621. The molecule has 4 aromatic rings. The average Bonchev–Trinajstić information content (AvgIpc) is 3.25. The number of nitrogens with one attached hydrogen (secondary N) is 1. The zero-order valence-electron chi connectivity index (χ0n) is 23.9. The summed E-state index contributed by atoms with van der Waals surface area (Å²) in [6, 6.07) is 3.85. The van der Waals surface area contributed by atoms with E-state index in [1.807, 2.05) is 19.9 Å². The van der Waals surface area contributed by atoms with Gasteiger partial charge < -0.3 is 20.4 Å². The standard InChI is InChI=1S/C29H29BrN8O5/c1-13-5-6-21(30)34-27(13)35-28(43)19-8-29(4)25(26(29)42)38(19)22(41)11-37-24-14(2)33-18(16-9-31-15(3)32-10-16)7-17(24)23(36-37)20(40)12-39/h5-7,9-10,19,25-26,39,42H,8,11-12H2,1-4H3,(H,34,35,43)/t19-,25+,26?,29+/m0/s1. The van der Waals surface area contributed by atoms with E-state index >= 15 is 0 Å². The lowest BCUT2D eigenvalue weighted by Crippen LogP contribution is -2.48. The first kappa shape index (κ1) is 29.0. The summed E-state index contributed by atoms with van der Waals surface area (Å²) in [6.07, 6.45) is 2.76. The fourth-order valence-corrected chi connectivity index (χ4v) is 6.30. The smallest absolute Gasteiger partial charge is 0.248 e. The number of hydrogen-bond donors (Lipinski definition) is 3. The monoisotopic (exact) mass is 648 g/mol. The molecule has 2 amide bonds. The second-order valence-corrected chi connectivity index (χ2v) is 12.1. The van der Waals surface area contributed by atoms with Crippen molar-refractivity contribution in [2.24, 2.45) is 5.41 Å². The summed E-state index contributed by atoms with van der Waals surface area (Å²) in [6.45, 7) is 6.08. The number of aliphatic hydroxyl groups excluding tert-OH is 2. The highest BCUT2D eigenvalue weighted by atomic mass is 79.9. The number of aliphatic hydroxyl groups is 2. The fraction of sp³-hybridized carbons (Fsp3) is 0.379. The second kappa shape index (κ2) is 10.5. The molecule has 2 aliphatic rings. The number of likely N-dealkylation sites (tertiary alicyclic amines) is 1. The van der Waals surface area contributed by atoms with Crippen molar-refractivity contribution in [1.82, 2.24) is 34.6 Å². The number of anilines is 1. The first-order valence-corrected chi connectivity index (χ1v) is 14.5. The Hall–Kier alpha value is -4.14. The number of Topliss-reactive ketones (excluding diaryl/α,β-unsaturated/α-hetero) is 1. The summed E-state index contributed by atoms with van der Waals surface area (Å²) in [7, 11) is 0. The van der Waals surface area contributed by atoms with Crippen molar-refractivity contribution in [3.05, 3.63) is 58.0 Å². The molecule has 1 unspecified atom stereocenters. The average molecular weight is 650 g/mol. The van der Waals surface area contributed by atoms with E-state index in [4.69, 9.17) is 0 Å². The zero-order chi connectivity index (χ0) is 30.8. The topological polar surface area (TPSA) is 176 Å². The number of carbonyl (C=O) groups is 3. The predicted octanol–water partition coefficient (Wildman–Crippen LogP) is 2.14. The van der Waals surface area contributed by atoms with Crippen molar-refractivity contribution in [2.75, 3.05) is 11.9 Å². The predicted molar refractivity (Wildman–Crippen MR) is 158 cm³/mol. The van der Waals surface area contributed by atoms with Crippen LogP contribution in [-0.4, -0.2) is 87.2 Å². The van der Waals surface area contributed by atoms with E-state index < -0.39 is 47.8 Å². The number of rotatable bonds is 7. The molecule has 0 radical (unpaired) electrons. The van der Waals surface area contributed by atoms with Crippen LogP contribution in [0.5, 0.6) is 0 Å². The molecule has 1 aliphatic carbocycles. The number of hydrogen-bond acceptors (Lipinski definition) is 10. The van der Waals surface area contributed by atoms with Crippen molar-refractivity contribution in [3.8, 4) is 11.3 Å². The number of nitrogens with zero attached hydrogens (tertiary/aromatic N) is 7. The molecular formula is C29H29BrN8O5. The Balaban J connectivity index is 1.35. The van der Waals surface area contributed by atoms with E-state index in [2.05, 4.69) is 46.3 Å². The number of amides is 2. The molecule has 14 heteroatoms. The van der Waals surface area contributed by atoms with Crippen LogP contribution in [0.1, 0.15) is 40.9 Å². The Kier molecular flexibility index (Phi) is 7.10. The summed E-state index contributed by atoms with van der Waals surface area (Å²) in [5.74, 6) is -0.509. The second-order valence-electron chi connectivity index (χ2n) is 11.3. The van der Waals surface area contributed by atoms with Crippen LogP contribution in [0.3, 0.4) is 0 Å². The third kappa shape index (κ3) is 4.88. The molecule has 222 valence electrons. The maximum atomic E-state index is 13.9. The highest BCUT2D eigenvalue weighted by molar-refractivity contribution is 9.10. The summed E-state index contributed by atoms with van der Waals surface area (Å²) >= 11 is 3.32. The third-order valence-electron chi connectivity index (χ3n) is 8.38. The molecule has 1 saturated heterocycles. The minimum Gasteiger partial charge on any atom is -0.390 e. The van der Waals surface area contributed by atoms with Gasteiger partial charge in [0.1, 0.15) is 41.1 Å². The van der Waals surface area contributed by atoms with Crippen LogP contribution < -0.4 is 5.32 Å². The van der Waals surface area contributed by atoms with Gasteiger partial charge in [-0.15, -0.1) is 0 Å². The van der Waals surface area contributed by atoms with E-state index in [0.29, 0.717) is 44.1 Å². The molecule has 0 spiro atoms. The van der Waals surface area contributed by atoms with Crippen LogP contribution in [0.25, 0.3) is 22.2 Å². The molecule has 1 aliphatic heterocycles. The van der Waals surface area contributed by atoms with Gasteiger partial charge in [-0.25, -0.2) is 15.0 Å². The lowest BCUT2D eigenvalue weighted by molar-refractivity contribution is -0.139. The van der Waals surface area contributed by atoms with E-state index in [-0.39, 0.29) is 18.7 Å². The van der Waals surface area contributed by atoms with Crippen molar-refractivity contribution >= 4 is 50.2 Å². The number of aryl methyl sites for hydroxylation is 3. The Morgan fingerprint density at radius 3 is 2.56 bits per heavy atom. The van der Waals surface area contributed by atoms with Gasteiger partial charge >= 0.3 is 0 Å². The van der Waals surface area contributed by atoms with E-state index in [1.54, 1.807) is 38.4 Å². The van der Waals surface area contributed by atoms with Crippen molar-refractivity contribution in [2.45, 2.75) is 58.8 Å². The lowest BCUT2D eigenvalue weighted by atomic mass is 10.0. The Bertz CT molecular complexity index is 1810. The van der Waals surface area contributed by atoms with Gasteiger partial charge in [0.25, 0.3) is 0 Å². The van der Waals surface area contributed by atoms with Crippen molar-refractivity contribution < 1.29 is 24.6 Å². The van der Waals surface area contributed by atoms with Crippen LogP contribution in [0.2, 0.25) is 0 Å². The van der Waals surface area contributed by atoms with Gasteiger partial charge in [0.15, 0.2) is 0 Å². The van der Waals surface area contributed by atoms with Crippen molar-refractivity contribution in [3.63, 3.8) is 0 Å². The van der Waals surface area contributed by atoms with Crippen LogP contribution >= 0.6 is 15.9 Å². The molecule has 0 bridgehead atoms. The number of pyridine rings is 2. The molecule has 13 nitrogen and oxygen atoms in total. The molecule has 4 atom stereocenters. The summed E-state index contributed by atoms with van der Waals surface area (Å²) < 4.78 is 1.93. The zero-order valence-corrected chi connectivity index (χ0v) is 25.5. The molecule has 6 rings (SSSR count). The number of piperidine rings is 1. The van der Waals surface area contributed by atoms with Gasteiger partial charge in [-0.05, 0) is 60.8 Å². The van der Waals surface area contributed by atoms with Gasteiger partial charge in [0.05, 0.1) is 29.1 Å². The maximum Gasteiger partial charge on any atom is 0.248 e. The Labute approximate surface area is 254 Å². The first-order chi connectivity index (χ1) is 20.4. The normalized spacial score (nSPS) is 22.5. The maximum absolute atomic E-state index is 13.9. The van der Waals surface area contributed by atoms with Gasteiger partial charge in [-0.3, -0.25) is 24.0 Å². The Morgan fingerprint density at radius 2 is 1.86 bits per heavy atom. The van der Waals surface area contributed by atoms with Crippen LogP contribution in [0.4, 0.5) is 5.82 Å². The van der Waals surface area contributed by atoms with E-state index in [1.165, 1.54) is 9.58 Å². The van der Waals surface area contributed by atoms with Gasteiger partial charge in [0.2, 0.25) is 17.6 Å². The van der Waals surface area contributed by atoms with E-state index in [9.17, 15) is 24.6 Å². The molecule has 2 fully saturated rings. The van der Waals surface area contributed by atoms with Gasteiger partial charge in [-0.1, -0.05) is 13.0 Å². The number of carbonyl (C=O) groups excluding carboxylic acids is 3. The quantitative estimate of drug-likeness (QED) is 0.199. The third-order valence-corrected chi connectivity index (χ3v) is 8.82. The summed E-state index contributed by atoms with van der Waals surface area (Å²) in [5.41, 5.74) is 2.20. The van der Waals surface area contributed by atoms with E-state index in [0.717, 1.165) is 5.56 Å². The number of ketones is 1. The highest BCUT2D eigenvalue weighted by Gasteiger charge is 2.72. The van der Waals surface area contributed by atoms with Crippen LogP contribution in [0.15, 0.2) is 35.2 Å². The molecule has 43 heavy (non-hydrogen) atoms. The van der Waals surface area contributed by atoms with Crippen LogP contribution in [-0.2, 0) is 16.1 Å². The summed E-state index contributed by atoms with van der Waals surface area (Å²) in [4.78, 5) is 59.0. The first-order valence-electron chi connectivity index (χ1n) is 13.7. The highest BCUT2D eigenvalue weighted by Crippen LogP contribution is 2.59.